The van der Waals surface area contributed by atoms with Gasteiger partial charge in [-0.05, 0) is 46.8 Å². The number of rotatable bonds is 5. The van der Waals surface area contributed by atoms with Gasteiger partial charge in [0.1, 0.15) is 0 Å². The Balaban J connectivity index is 2.39. The Labute approximate surface area is 91.4 Å². The van der Waals surface area contributed by atoms with E-state index in [4.69, 9.17) is 11.5 Å². The topological polar surface area (TPSA) is 52.0 Å². The molecule has 0 bridgehead atoms. The molecule has 0 saturated heterocycles. The molecule has 1 aromatic rings. The predicted octanol–water partition coefficient (Wildman–Crippen LogP) is 2.64. The molecule has 0 aliphatic heterocycles. The molecule has 1 rings (SSSR count). The van der Waals surface area contributed by atoms with Crippen molar-refractivity contribution in [3.63, 3.8) is 0 Å². The first-order valence-electron chi connectivity index (χ1n) is 4.44. The van der Waals surface area contributed by atoms with E-state index in [0.29, 0.717) is 0 Å². The highest BCUT2D eigenvalue weighted by molar-refractivity contribution is 9.10. The van der Waals surface area contributed by atoms with Crippen molar-refractivity contribution >= 4 is 27.3 Å². The quantitative estimate of drug-likeness (QED) is 0.802. The second-order valence-electron chi connectivity index (χ2n) is 3.02. The van der Waals surface area contributed by atoms with Gasteiger partial charge in [0.25, 0.3) is 0 Å². The fourth-order valence-electron chi connectivity index (χ4n) is 1.21. The summed E-state index contributed by atoms with van der Waals surface area (Å²) in [7, 11) is 0. The van der Waals surface area contributed by atoms with Crippen molar-refractivity contribution in [3.8, 4) is 0 Å². The molecule has 0 spiro atoms. The molecule has 0 aliphatic rings. The zero-order valence-corrected chi connectivity index (χ0v) is 9.90. The summed E-state index contributed by atoms with van der Waals surface area (Å²) in [6, 6.07) is 2.21. The fraction of sp³-hybridized carbons (Fsp3) is 0.556. The highest BCUT2D eigenvalue weighted by atomic mass is 79.9. The van der Waals surface area contributed by atoms with Crippen LogP contribution in [0.3, 0.4) is 0 Å². The van der Waals surface area contributed by atoms with Crippen LogP contribution < -0.4 is 11.5 Å². The molecule has 1 heterocycles. The van der Waals surface area contributed by atoms with E-state index in [1.807, 2.05) is 6.07 Å². The van der Waals surface area contributed by atoms with Crippen LogP contribution in [0.2, 0.25) is 0 Å². The van der Waals surface area contributed by atoms with Crippen molar-refractivity contribution in [3.05, 3.63) is 20.8 Å². The highest BCUT2D eigenvalue weighted by Crippen LogP contribution is 2.30. The van der Waals surface area contributed by atoms with Crippen molar-refractivity contribution < 1.29 is 0 Å². The number of unbranched alkanes of at least 4 members (excludes halogenated alkanes) is 1. The fourth-order valence-corrected chi connectivity index (χ4v) is 2.92. The lowest BCUT2D eigenvalue weighted by Gasteiger charge is -2.09. The molecular formula is C9H15BrN2S. The first-order valence-corrected chi connectivity index (χ1v) is 6.11. The summed E-state index contributed by atoms with van der Waals surface area (Å²) < 4.78 is 1.14. The minimum absolute atomic E-state index is 0.168. The Hall–Kier alpha value is 0.100. The van der Waals surface area contributed by atoms with E-state index in [1.165, 1.54) is 4.88 Å². The molecule has 74 valence electrons. The van der Waals surface area contributed by atoms with Gasteiger partial charge in [0.2, 0.25) is 0 Å². The van der Waals surface area contributed by atoms with E-state index < -0.39 is 0 Å². The van der Waals surface area contributed by atoms with Gasteiger partial charge in [0, 0.05) is 15.4 Å². The maximum atomic E-state index is 6.02. The highest BCUT2D eigenvalue weighted by Gasteiger charge is 2.10. The van der Waals surface area contributed by atoms with Crippen LogP contribution in [0.1, 0.15) is 30.2 Å². The van der Waals surface area contributed by atoms with Gasteiger partial charge in [-0.3, -0.25) is 0 Å². The average molecular weight is 263 g/mol. The van der Waals surface area contributed by atoms with Gasteiger partial charge in [-0.15, -0.1) is 11.3 Å². The van der Waals surface area contributed by atoms with Crippen LogP contribution in [0.5, 0.6) is 0 Å². The molecular weight excluding hydrogens is 248 g/mol. The Morgan fingerprint density at radius 3 is 2.77 bits per heavy atom. The summed E-state index contributed by atoms with van der Waals surface area (Å²) in [6.07, 6.45) is 3.20. The van der Waals surface area contributed by atoms with E-state index >= 15 is 0 Å². The summed E-state index contributed by atoms with van der Waals surface area (Å²) in [5, 5.41) is 2.06. The maximum Gasteiger partial charge on any atom is 0.0401 e. The molecule has 0 saturated carbocycles. The number of thiophene rings is 1. The van der Waals surface area contributed by atoms with E-state index in [2.05, 4.69) is 21.3 Å². The lowest BCUT2D eigenvalue weighted by atomic mass is 10.1. The molecule has 0 unspecified atom stereocenters. The maximum absolute atomic E-state index is 6.02. The standard InChI is InChI=1S/C9H15BrN2S/c10-7-4-6-13-9(7)8(12)3-1-2-5-11/h4,6,8H,1-3,5,11-12H2/t8-/m1/s1. The van der Waals surface area contributed by atoms with E-state index in [1.54, 1.807) is 11.3 Å². The summed E-state index contributed by atoms with van der Waals surface area (Å²) in [5.74, 6) is 0. The van der Waals surface area contributed by atoms with Crippen molar-refractivity contribution in [2.24, 2.45) is 11.5 Å². The molecule has 0 amide bonds. The zero-order valence-electron chi connectivity index (χ0n) is 7.50. The zero-order chi connectivity index (χ0) is 9.68. The number of halogens is 1. The summed E-state index contributed by atoms with van der Waals surface area (Å²) in [6.45, 7) is 0.762. The van der Waals surface area contributed by atoms with Gasteiger partial charge in [0.15, 0.2) is 0 Å². The van der Waals surface area contributed by atoms with Crippen molar-refractivity contribution in [1.29, 1.82) is 0 Å². The molecule has 13 heavy (non-hydrogen) atoms. The van der Waals surface area contributed by atoms with Gasteiger partial charge in [-0.2, -0.15) is 0 Å². The van der Waals surface area contributed by atoms with Crippen LogP contribution in [0.15, 0.2) is 15.9 Å². The van der Waals surface area contributed by atoms with Crippen LogP contribution in [0.25, 0.3) is 0 Å². The summed E-state index contributed by atoms with van der Waals surface area (Å²) >= 11 is 5.19. The first kappa shape index (κ1) is 11.2. The lowest BCUT2D eigenvalue weighted by molar-refractivity contribution is 0.596. The van der Waals surface area contributed by atoms with Gasteiger partial charge < -0.3 is 11.5 Å². The number of hydrogen-bond acceptors (Lipinski definition) is 3. The predicted molar refractivity (Wildman–Crippen MR) is 61.9 cm³/mol. The average Bonchev–Trinajstić information content (AvgIpc) is 2.52. The SMILES string of the molecule is NCCCC[C@@H](N)c1sccc1Br. The molecule has 0 aliphatic carbocycles. The molecule has 4 N–H and O–H groups in total. The number of nitrogens with two attached hydrogens (primary N) is 2. The summed E-state index contributed by atoms with van der Waals surface area (Å²) in [5.41, 5.74) is 11.4. The Morgan fingerprint density at radius 2 is 2.23 bits per heavy atom. The smallest absolute Gasteiger partial charge is 0.0401 e. The van der Waals surface area contributed by atoms with E-state index in [9.17, 15) is 0 Å². The van der Waals surface area contributed by atoms with Crippen LogP contribution in [0.4, 0.5) is 0 Å². The molecule has 1 atom stereocenters. The van der Waals surface area contributed by atoms with Crippen molar-refractivity contribution in [1.82, 2.24) is 0 Å². The summed E-state index contributed by atoms with van der Waals surface area (Å²) in [4.78, 5) is 1.25. The molecule has 0 aromatic carbocycles. The molecule has 4 heteroatoms. The minimum atomic E-state index is 0.168. The van der Waals surface area contributed by atoms with Crippen LogP contribution in [0, 0.1) is 0 Å². The largest absolute Gasteiger partial charge is 0.330 e. The lowest BCUT2D eigenvalue weighted by Crippen LogP contribution is -2.09. The molecule has 2 nitrogen and oxygen atoms in total. The Bertz CT molecular complexity index is 250. The van der Waals surface area contributed by atoms with Crippen LogP contribution in [-0.4, -0.2) is 6.54 Å². The normalized spacial score (nSPS) is 13.2. The van der Waals surface area contributed by atoms with E-state index in [-0.39, 0.29) is 6.04 Å². The first-order chi connectivity index (χ1) is 6.25. The van der Waals surface area contributed by atoms with Gasteiger partial charge in [0.05, 0.1) is 0 Å². The number of hydrogen-bond donors (Lipinski definition) is 2. The Kier molecular flexibility index (Phi) is 4.94. The van der Waals surface area contributed by atoms with Gasteiger partial charge >= 0.3 is 0 Å². The third kappa shape index (κ3) is 3.38. The van der Waals surface area contributed by atoms with Gasteiger partial charge in [-0.1, -0.05) is 6.42 Å². The van der Waals surface area contributed by atoms with Gasteiger partial charge in [-0.25, -0.2) is 0 Å². The second kappa shape index (κ2) is 5.75. The van der Waals surface area contributed by atoms with Crippen LogP contribution >= 0.6 is 27.3 Å². The third-order valence-corrected chi connectivity index (χ3v) is 3.95. The van der Waals surface area contributed by atoms with Crippen LogP contribution in [-0.2, 0) is 0 Å². The minimum Gasteiger partial charge on any atom is -0.330 e. The molecule has 0 fully saturated rings. The molecule has 0 radical (unpaired) electrons. The second-order valence-corrected chi connectivity index (χ2v) is 4.83. The van der Waals surface area contributed by atoms with Crippen molar-refractivity contribution in [2.75, 3.05) is 6.54 Å². The molecule has 1 aromatic heterocycles. The van der Waals surface area contributed by atoms with Crippen molar-refractivity contribution in [2.45, 2.75) is 25.3 Å². The third-order valence-electron chi connectivity index (χ3n) is 1.95. The monoisotopic (exact) mass is 262 g/mol. The Morgan fingerprint density at radius 1 is 1.46 bits per heavy atom. The van der Waals surface area contributed by atoms with E-state index in [0.717, 1.165) is 30.3 Å².